The van der Waals surface area contributed by atoms with Gasteiger partial charge in [-0.2, -0.15) is 0 Å². The zero-order chi connectivity index (χ0) is 11.8. The predicted molar refractivity (Wildman–Crippen MR) is 63.1 cm³/mol. The minimum Gasteiger partial charge on any atom is -0.342 e. The van der Waals surface area contributed by atoms with Crippen LogP contribution in [0.3, 0.4) is 0 Å². The van der Waals surface area contributed by atoms with Crippen molar-refractivity contribution in [2.24, 2.45) is 0 Å². The van der Waals surface area contributed by atoms with Gasteiger partial charge in [-0.25, -0.2) is 13.4 Å². The number of nitrogens with one attached hydrogen (secondary N) is 1. The highest BCUT2D eigenvalue weighted by molar-refractivity contribution is 8.13. The van der Waals surface area contributed by atoms with E-state index in [2.05, 4.69) is 16.9 Å². The van der Waals surface area contributed by atoms with Gasteiger partial charge in [0.15, 0.2) is 0 Å². The third-order valence-corrected chi connectivity index (χ3v) is 3.62. The maximum Gasteiger partial charge on any atom is 0.261 e. The van der Waals surface area contributed by atoms with E-state index in [0.29, 0.717) is 5.52 Å². The van der Waals surface area contributed by atoms with E-state index in [1.54, 1.807) is 6.07 Å². The molecule has 0 aliphatic heterocycles. The van der Waals surface area contributed by atoms with Crippen LogP contribution < -0.4 is 0 Å². The lowest BCUT2D eigenvalue weighted by molar-refractivity contribution is 0.609. The van der Waals surface area contributed by atoms with Crippen LogP contribution in [0.4, 0.5) is 0 Å². The first-order chi connectivity index (χ1) is 7.50. The van der Waals surface area contributed by atoms with Crippen LogP contribution in [-0.4, -0.2) is 18.4 Å². The summed E-state index contributed by atoms with van der Waals surface area (Å²) in [5.74, 6) is 0.863. The van der Waals surface area contributed by atoms with Gasteiger partial charge in [-0.1, -0.05) is 6.92 Å². The Balaban J connectivity index is 2.54. The summed E-state index contributed by atoms with van der Waals surface area (Å²) >= 11 is 0. The van der Waals surface area contributed by atoms with Crippen molar-refractivity contribution < 1.29 is 8.42 Å². The molecule has 0 bridgehead atoms. The smallest absolute Gasteiger partial charge is 0.261 e. The zero-order valence-corrected chi connectivity index (χ0v) is 10.3. The molecule has 0 spiro atoms. The molecule has 0 radical (unpaired) electrons. The van der Waals surface area contributed by atoms with Gasteiger partial charge in [0.2, 0.25) is 0 Å². The number of nitrogens with zero attached hydrogens (tertiary/aromatic N) is 1. The van der Waals surface area contributed by atoms with E-state index in [9.17, 15) is 8.42 Å². The van der Waals surface area contributed by atoms with Crippen molar-refractivity contribution in [3.63, 3.8) is 0 Å². The fourth-order valence-corrected chi connectivity index (χ4v) is 2.33. The van der Waals surface area contributed by atoms with Crippen LogP contribution in [0.15, 0.2) is 23.1 Å². The molecule has 0 atom stereocenters. The SMILES string of the molecule is CCCc1nc2ccc(S(=O)(=O)Cl)cc2[nH]1. The van der Waals surface area contributed by atoms with Gasteiger partial charge >= 0.3 is 0 Å². The predicted octanol–water partition coefficient (Wildman–Crippen LogP) is 2.44. The molecule has 0 saturated carbocycles. The quantitative estimate of drug-likeness (QED) is 0.860. The lowest BCUT2D eigenvalue weighted by atomic mass is 10.3. The highest BCUT2D eigenvalue weighted by Crippen LogP contribution is 2.20. The number of aryl methyl sites for hydroxylation is 1. The first kappa shape index (κ1) is 11.4. The lowest BCUT2D eigenvalue weighted by Crippen LogP contribution is -1.89. The Morgan fingerprint density at radius 3 is 2.81 bits per heavy atom. The van der Waals surface area contributed by atoms with Crippen LogP contribution in [0.1, 0.15) is 19.2 Å². The van der Waals surface area contributed by atoms with Crippen LogP contribution >= 0.6 is 10.7 Å². The van der Waals surface area contributed by atoms with Crippen LogP contribution in [0.2, 0.25) is 0 Å². The standard InChI is InChI=1S/C10H11ClN2O2S/c1-2-3-10-12-8-5-4-7(16(11,14)15)6-9(8)13-10/h4-6H,2-3H2,1H3,(H,12,13). The molecule has 6 heteroatoms. The minimum absolute atomic E-state index is 0.0911. The highest BCUT2D eigenvalue weighted by atomic mass is 35.7. The largest absolute Gasteiger partial charge is 0.342 e. The molecule has 4 nitrogen and oxygen atoms in total. The monoisotopic (exact) mass is 258 g/mol. The molecule has 2 rings (SSSR count). The van der Waals surface area contributed by atoms with E-state index in [4.69, 9.17) is 10.7 Å². The van der Waals surface area contributed by atoms with Gasteiger partial charge in [-0.3, -0.25) is 0 Å². The van der Waals surface area contributed by atoms with E-state index < -0.39 is 9.05 Å². The number of rotatable bonds is 3. The Bertz CT molecular complexity index is 619. The number of halogens is 1. The summed E-state index contributed by atoms with van der Waals surface area (Å²) in [4.78, 5) is 7.50. The number of hydrogen-bond donors (Lipinski definition) is 1. The number of aromatic nitrogens is 2. The summed E-state index contributed by atoms with van der Waals surface area (Å²) in [6.07, 6.45) is 1.83. The van der Waals surface area contributed by atoms with Gasteiger partial charge in [-0.05, 0) is 24.6 Å². The second kappa shape index (κ2) is 4.07. The van der Waals surface area contributed by atoms with Gasteiger partial charge in [0, 0.05) is 17.1 Å². The molecular formula is C10H11ClN2O2S. The third-order valence-electron chi connectivity index (χ3n) is 2.27. The number of fused-ring (bicyclic) bond motifs is 1. The summed E-state index contributed by atoms with van der Waals surface area (Å²) in [6, 6.07) is 4.62. The van der Waals surface area contributed by atoms with E-state index >= 15 is 0 Å². The Labute approximate surface area is 98.1 Å². The van der Waals surface area contributed by atoms with Crippen molar-refractivity contribution >= 4 is 30.8 Å². The van der Waals surface area contributed by atoms with Gasteiger partial charge in [0.05, 0.1) is 15.9 Å². The maximum absolute atomic E-state index is 11.1. The fourth-order valence-electron chi connectivity index (χ4n) is 1.55. The number of aromatic amines is 1. The molecule has 0 aliphatic carbocycles. The molecule has 86 valence electrons. The molecule has 1 aromatic heterocycles. The molecule has 1 aromatic carbocycles. The van der Waals surface area contributed by atoms with E-state index in [0.717, 1.165) is 24.2 Å². The molecule has 2 aromatic rings. The van der Waals surface area contributed by atoms with Crippen LogP contribution in [-0.2, 0) is 15.5 Å². The molecule has 16 heavy (non-hydrogen) atoms. The van der Waals surface area contributed by atoms with Crippen molar-refractivity contribution in [2.75, 3.05) is 0 Å². The van der Waals surface area contributed by atoms with E-state index in [-0.39, 0.29) is 4.90 Å². The molecule has 1 N–H and O–H groups in total. The zero-order valence-electron chi connectivity index (χ0n) is 8.70. The average molecular weight is 259 g/mol. The minimum atomic E-state index is -3.67. The molecule has 0 unspecified atom stereocenters. The number of benzene rings is 1. The Morgan fingerprint density at radius 2 is 2.19 bits per heavy atom. The van der Waals surface area contributed by atoms with E-state index in [1.807, 2.05) is 0 Å². The number of hydrogen-bond acceptors (Lipinski definition) is 3. The first-order valence-electron chi connectivity index (χ1n) is 4.94. The fraction of sp³-hybridized carbons (Fsp3) is 0.300. The summed E-state index contributed by atoms with van der Waals surface area (Å²) in [5.41, 5.74) is 1.46. The summed E-state index contributed by atoms with van der Waals surface area (Å²) < 4.78 is 22.3. The van der Waals surface area contributed by atoms with Crippen molar-refractivity contribution in [1.82, 2.24) is 9.97 Å². The van der Waals surface area contributed by atoms with Crippen LogP contribution in [0.5, 0.6) is 0 Å². The Hall–Kier alpha value is -1.07. The molecular weight excluding hydrogens is 248 g/mol. The maximum atomic E-state index is 11.1. The highest BCUT2D eigenvalue weighted by Gasteiger charge is 2.11. The van der Waals surface area contributed by atoms with E-state index in [1.165, 1.54) is 12.1 Å². The second-order valence-electron chi connectivity index (χ2n) is 3.55. The lowest BCUT2D eigenvalue weighted by Gasteiger charge is -1.94. The topological polar surface area (TPSA) is 62.8 Å². The normalized spacial score (nSPS) is 12.1. The Morgan fingerprint density at radius 1 is 1.44 bits per heavy atom. The van der Waals surface area contributed by atoms with Crippen molar-refractivity contribution in [3.8, 4) is 0 Å². The molecule has 0 fully saturated rings. The van der Waals surface area contributed by atoms with Crippen molar-refractivity contribution in [3.05, 3.63) is 24.0 Å². The van der Waals surface area contributed by atoms with Gasteiger partial charge in [-0.15, -0.1) is 0 Å². The second-order valence-corrected chi connectivity index (χ2v) is 6.12. The van der Waals surface area contributed by atoms with Gasteiger partial charge in [0.25, 0.3) is 9.05 Å². The first-order valence-corrected chi connectivity index (χ1v) is 7.25. The number of imidazole rings is 1. The average Bonchev–Trinajstić information content (AvgIpc) is 2.57. The van der Waals surface area contributed by atoms with Crippen LogP contribution in [0, 0.1) is 0 Å². The molecule has 0 aliphatic rings. The Kier molecular flexibility index (Phi) is 2.90. The van der Waals surface area contributed by atoms with Crippen molar-refractivity contribution in [1.29, 1.82) is 0 Å². The third kappa shape index (κ3) is 2.20. The molecule has 1 heterocycles. The van der Waals surface area contributed by atoms with Gasteiger partial charge in [0.1, 0.15) is 5.82 Å². The number of H-pyrrole nitrogens is 1. The summed E-state index contributed by atoms with van der Waals surface area (Å²) in [7, 11) is 1.59. The summed E-state index contributed by atoms with van der Waals surface area (Å²) in [5, 5.41) is 0. The van der Waals surface area contributed by atoms with Gasteiger partial charge < -0.3 is 4.98 Å². The molecule has 0 amide bonds. The van der Waals surface area contributed by atoms with Crippen LogP contribution in [0.25, 0.3) is 11.0 Å². The molecule has 0 saturated heterocycles. The van der Waals surface area contributed by atoms with Crippen molar-refractivity contribution in [2.45, 2.75) is 24.7 Å². The summed E-state index contributed by atoms with van der Waals surface area (Å²) in [6.45, 7) is 2.06.